The number of thiophene rings is 1. The molecule has 1 fully saturated rings. The zero-order valence-corrected chi connectivity index (χ0v) is 15.3. The maximum absolute atomic E-state index is 12.5. The average molecular weight is 390 g/mol. The summed E-state index contributed by atoms with van der Waals surface area (Å²) in [6.07, 6.45) is 1.70. The van der Waals surface area contributed by atoms with Crippen LogP contribution in [-0.2, 0) is 11.3 Å². The molecule has 0 unspecified atom stereocenters. The third kappa shape index (κ3) is 3.03. The summed E-state index contributed by atoms with van der Waals surface area (Å²) < 4.78 is 1.22. The molecule has 4 heterocycles. The topological polar surface area (TPSA) is 84.6 Å². The first-order valence-corrected chi connectivity index (χ1v) is 9.68. The Morgan fingerprint density at radius 3 is 2.88 bits per heavy atom. The van der Waals surface area contributed by atoms with Crippen molar-refractivity contribution in [3.8, 4) is 0 Å². The van der Waals surface area contributed by atoms with Crippen molar-refractivity contribution in [1.29, 1.82) is 0 Å². The Hall–Kier alpha value is -2.30. The molecule has 4 rings (SSSR count). The van der Waals surface area contributed by atoms with E-state index in [1.165, 1.54) is 33.3 Å². The summed E-state index contributed by atoms with van der Waals surface area (Å²) in [5.41, 5.74) is 0.0405. The predicted molar refractivity (Wildman–Crippen MR) is 97.7 cm³/mol. The van der Waals surface area contributed by atoms with Gasteiger partial charge in [-0.3, -0.25) is 19.3 Å². The molecule has 0 atom stereocenters. The van der Waals surface area contributed by atoms with E-state index in [2.05, 4.69) is 10.1 Å². The molecule has 0 saturated carbocycles. The van der Waals surface area contributed by atoms with Gasteiger partial charge in [0.05, 0.1) is 17.1 Å². The molecular weight excluding hydrogens is 380 g/mol. The Morgan fingerprint density at radius 1 is 1.28 bits per heavy atom. The summed E-state index contributed by atoms with van der Waals surface area (Å²) >= 11 is 3.67. The summed E-state index contributed by atoms with van der Waals surface area (Å²) in [6.45, 7) is 1.75. The average Bonchev–Trinajstić information content (AvgIpc) is 3.25. The third-order valence-electron chi connectivity index (χ3n) is 3.41. The second-order valence-electron chi connectivity index (χ2n) is 5.18. The van der Waals surface area contributed by atoms with Gasteiger partial charge in [0.2, 0.25) is 4.96 Å². The molecule has 3 aromatic heterocycles. The Kier molecular flexibility index (Phi) is 4.02. The van der Waals surface area contributed by atoms with Gasteiger partial charge >= 0.3 is 0 Å². The Balaban J connectivity index is 1.63. The maximum Gasteiger partial charge on any atom is 0.293 e. The van der Waals surface area contributed by atoms with Gasteiger partial charge in [0.25, 0.3) is 16.7 Å². The summed E-state index contributed by atoms with van der Waals surface area (Å²) in [5, 5.41) is 6.32. The molecule has 0 aliphatic carbocycles. The molecule has 2 amide bonds. The van der Waals surface area contributed by atoms with E-state index >= 15 is 0 Å². The highest BCUT2D eigenvalue weighted by atomic mass is 32.2. The zero-order chi connectivity index (χ0) is 17.6. The first-order valence-electron chi connectivity index (χ1n) is 7.16. The van der Waals surface area contributed by atoms with Gasteiger partial charge in [0.1, 0.15) is 5.01 Å². The molecule has 0 aromatic carbocycles. The zero-order valence-electron chi connectivity index (χ0n) is 12.8. The lowest BCUT2D eigenvalue weighted by molar-refractivity contribution is -0.123. The van der Waals surface area contributed by atoms with Crippen molar-refractivity contribution >= 4 is 56.6 Å². The highest BCUT2D eigenvalue weighted by molar-refractivity contribution is 8.18. The number of aryl methyl sites for hydroxylation is 1. The van der Waals surface area contributed by atoms with Crippen molar-refractivity contribution in [2.45, 2.75) is 13.5 Å². The van der Waals surface area contributed by atoms with E-state index in [9.17, 15) is 14.4 Å². The Labute approximate surface area is 153 Å². The van der Waals surface area contributed by atoms with Crippen molar-refractivity contribution in [3.63, 3.8) is 0 Å². The van der Waals surface area contributed by atoms with Gasteiger partial charge in [-0.2, -0.15) is 9.61 Å². The first kappa shape index (κ1) is 16.2. The second-order valence-corrected chi connectivity index (χ2v) is 8.32. The van der Waals surface area contributed by atoms with Gasteiger partial charge in [-0.15, -0.1) is 11.3 Å². The van der Waals surface area contributed by atoms with E-state index in [4.69, 9.17) is 0 Å². The number of nitrogens with zero attached hydrogens (tertiary/aromatic N) is 4. The molecule has 126 valence electrons. The smallest absolute Gasteiger partial charge is 0.268 e. The SMILES string of the molecule is Cc1nn2c(=O)cc(CN3C(=O)S/C(=C\c4cccs4)C3=O)nc2s1. The monoisotopic (exact) mass is 390 g/mol. The summed E-state index contributed by atoms with van der Waals surface area (Å²) in [5.74, 6) is -0.370. The molecule has 1 saturated heterocycles. The normalized spacial score (nSPS) is 16.5. The van der Waals surface area contributed by atoms with Crippen LogP contribution >= 0.6 is 34.4 Å². The highest BCUT2D eigenvalue weighted by Gasteiger charge is 2.35. The quantitative estimate of drug-likeness (QED) is 0.640. The second kappa shape index (κ2) is 6.21. The maximum atomic E-state index is 12.5. The van der Waals surface area contributed by atoms with Crippen LogP contribution in [0.5, 0.6) is 0 Å². The van der Waals surface area contributed by atoms with Gasteiger partial charge in [-0.25, -0.2) is 4.98 Å². The molecular formula is C15H10N4O3S3. The summed E-state index contributed by atoms with van der Waals surface area (Å²) in [7, 11) is 0. The minimum atomic E-state index is -0.370. The van der Waals surface area contributed by atoms with E-state index in [1.54, 1.807) is 13.0 Å². The van der Waals surface area contributed by atoms with Gasteiger partial charge in [0.15, 0.2) is 0 Å². The standard InChI is InChI=1S/C15H10N4O3S3/c1-8-17-19-12(20)5-9(16-14(19)24-8)7-18-13(21)11(25-15(18)22)6-10-3-2-4-23-10/h2-6H,7H2,1H3/b11-6-. The molecule has 0 bridgehead atoms. The first-order chi connectivity index (χ1) is 12.0. The van der Waals surface area contributed by atoms with Gasteiger partial charge in [-0.05, 0) is 36.2 Å². The van der Waals surface area contributed by atoms with Crippen molar-refractivity contribution in [2.24, 2.45) is 0 Å². The van der Waals surface area contributed by atoms with Crippen LogP contribution in [0.15, 0.2) is 33.3 Å². The minimum absolute atomic E-state index is 0.0326. The molecule has 0 spiro atoms. The fraction of sp³-hybridized carbons (Fsp3) is 0.133. The van der Waals surface area contributed by atoms with Gasteiger partial charge in [0, 0.05) is 10.9 Å². The molecule has 25 heavy (non-hydrogen) atoms. The molecule has 7 nitrogen and oxygen atoms in total. The van der Waals surface area contributed by atoms with Crippen LogP contribution in [0.4, 0.5) is 4.79 Å². The highest BCUT2D eigenvalue weighted by Crippen LogP contribution is 2.33. The van der Waals surface area contributed by atoms with Crippen LogP contribution in [0.25, 0.3) is 11.0 Å². The van der Waals surface area contributed by atoms with Crippen molar-refractivity contribution in [1.82, 2.24) is 19.5 Å². The third-order valence-corrected chi connectivity index (χ3v) is 5.96. The minimum Gasteiger partial charge on any atom is -0.268 e. The van der Waals surface area contributed by atoms with E-state index < -0.39 is 0 Å². The van der Waals surface area contributed by atoms with Crippen LogP contribution in [0.2, 0.25) is 0 Å². The lowest BCUT2D eigenvalue weighted by Gasteiger charge is -2.11. The number of fused-ring (bicyclic) bond motifs is 1. The molecule has 10 heteroatoms. The van der Waals surface area contributed by atoms with E-state index in [-0.39, 0.29) is 23.3 Å². The van der Waals surface area contributed by atoms with Gasteiger partial charge in [-0.1, -0.05) is 17.4 Å². The van der Waals surface area contributed by atoms with Crippen molar-refractivity contribution < 1.29 is 9.59 Å². The fourth-order valence-electron chi connectivity index (χ4n) is 2.33. The van der Waals surface area contributed by atoms with E-state index in [0.717, 1.165) is 21.5 Å². The number of hydrogen-bond acceptors (Lipinski definition) is 8. The van der Waals surface area contributed by atoms with E-state index in [0.29, 0.717) is 20.6 Å². The fourth-order valence-corrected chi connectivity index (χ4v) is 4.66. The van der Waals surface area contributed by atoms with Crippen molar-refractivity contribution in [2.75, 3.05) is 0 Å². The van der Waals surface area contributed by atoms with Crippen LogP contribution in [0.1, 0.15) is 15.6 Å². The number of carbonyl (C=O) groups is 2. The summed E-state index contributed by atoms with van der Waals surface area (Å²) in [4.78, 5) is 43.9. The molecule has 0 radical (unpaired) electrons. The molecule has 3 aromatic rings. The van der Waals surface area contributed by atoms with Crippen LogP contribution in [0.3, 0.4) is 0 Å². The lowest BCUT2D eigenvalue weighted by Crippen LogP contribution is -2.29. The Bertz CT molecular complexity index is 1080. The van der Waals surface area contributed by atoms with Crippen LogP contribution < -0.4 is 5.56 Å². The number of imide groups is 1. The number of rotatable bonds is 3. The number of hydrogen-bond donors (Lipinski definition) is 0. The number of carbonyl (C=O) groups excluding carboxylic acids is 2. The van der Waals surface area contributed by atoms with Gasteiger partial charge < -0.3 is 0 Å². The molecule has 0 N–H and O–H groups in total. The largest absolute Gasteiger partial charge is 0.293 e. The van der Waals surface area contributed by atoms with Crippen LogP contribution in [0, 0.1) is 6.92 Å². The molecule has 1 aliphatic rings. The summed E-state index contributed by atoms with van der Waals surface area (Å²) in [6, 6.07) is 5.06. The Morgan fingerprint density at radius 2 is 2.12 bits per heavy atom. The van der Waals surface area contributed by atoms with E-state index in [1.807, 2.05) is 17.5 Å². The number of aromatic nitrogens is 3. The van der Waals surface area contributed by atoms with Crippen molar-refractivity contribution in [3.05, 3.63) is 54.4 Å². The lowest BCUT2D eigenvalue weighted by atomic mass is 10.3. The predicted octanol–water partition coefficient (Wildman–Crippen LogP) is 2.76. The number of thioether (sulfide) groups is 1. The molecule has 1 aliphatic heterocycles. The number of amides is 2. The van der Waals surface area contributed by atoms with Crippen LogP contribution in [-0.4, -0.2) is 30.6 Å².